The molecule has 2 aliphatic carbocycles. The highest BCUT2D eigenvalue weighted by molar-refractivity contribution is 5.97. The molecule has 4 atom stereocenters. The summed E-state index contributed by atoms with van der Waals surface area (Å²) in [5.74, 6) is -2.93. The second kappa shape index (κ2) is 5.49. The van der Waals surface area contributed by atoms with Gasteiger partial charge in [0.2, 0.25) is 5.91 Å². The van der Waals surface area contributed by atoms with Crippen LogP contribution in [0.4, 0.5) is 11.4 Å². The molecule has 7 nitrogen and oxygen atoms in total. The number of nitro benzene ring substituents is 1. The highest BCUT2D eigenvalue weighted by Gasteiger charge is 2.51. The van der Waals surface area contributed by atoms with Crippen LogP contribution in [0.25, 0.3) is 0 Å². The number of hydrogen-bond acceptors (Lipinski definition) is 4. The number of carboxylic acid groups (broad SMARTS) is 1. The quantitative estimate of drug-likeness (QED) is 0.503. The van der Waals surface area contributed by atoms with Crippen LogP contribution in [0.1, 0.15) is 12.0 Å². The SMILES string of the molecule is Cc1ccc([N+](=O)[O-])cc1NC(=O)C1C2C=CC(C2)C1C(=O)O. The zero-order chi connectivity index (χ0) is 16.7. The zero-order valence-corrected chi connectivity index (χ0v) is 12.4. The van der Waals surface area contributed by atoms with Gasteiger partial charge in [-0.1, -0.05) is 18.2 Å². The average molecular weight is 316 g/mol. The fraction of sp³-hybridized carbons (Fsp3) is 0.375. The van der Waals surface area contributed by atoms with Crippen molar-refractivity contribution in [2.24, 2.45) is 23.7 Å². The Labute approximate surface area is 132 Å². The smallest absolute Gasteiger partial charge is 0.307 e. The molecule has 0 aliphatic heterocycles. The average Bonchev–Trinajstić information content (AvgIpc) is 3.09. The summed E-state index contributed by atoms with van der Waals surface area (Å²) in [7, 11) is 0. The van der Waals surface area contributed by atoms with Crippen molar-refractivity contribution in [2.45, 2.75) is 13.3 Å². The molecule has 23 heavy (non-hydrogen) atoms. The van der Waals surface area contributed by atoms with Crippen molar-refractivity contribution in [3.05, 3.63) is 46.0 Å². The van der Waals surface area contributed by atoms with Gasteiger partial charge in [-0.2, -0.15) is 0 Å². The van der Waals surface area contributed by atoms with E-state index < -0.39 is 28.6 Å². The molecule has 120 valence electrons. The molecule has 3 rings (SSSR count). The molecule has 1 aromatic carbocycles. The molecular weight excluding hydrogens is 300 g/mol. The first-order valence-corrected chi connectivity index (χ1v) is 7.35. The van der Waals surface area contributed by atoms with Gasteiger partial charge < -0.3 is 10.4 Å². The highest BCUT2D eigenvalue weighted by Crippen LogP contribution is 2.48. The third-order valence-electron chi connectivity index (χ3n) is 4.74. The van der Waals surface area contributed by atoms with Crippen LogP contribution in [0.15, 0.2) is 30.4 Å². The van der Waals surface area contributed by atoms with Gasteiger partial charge in [-0.25, -0.2) is 0 Å². The number of anilines is 1. The van der Waals surface area contributed by atoms with E-state index in [9.17, 15) is 24.8 Å². The van der Waals surface area contributed by atoms with Crippen molar-refractivity contribution < 1.29 is 19.6 Å². The van der Waals surface area contributed by atoms with Crippen LogP contribution < -0.4 is 5.32 Å². The number of nitrogens with zero attached hydrogens (tertiary/aromatic N) is 1. The monoisotopic (exact) mass is 316 g/mol. The van der Waals surface area contributed by atoms with Gasteiger partial charge in [0, 0.05) is 12.1 Å². The van der Waals surface area contributed by atoms with Gasteiger partial charge in [-0.3, -0.25) is 19.7 Å². The lowest BCUT2D eigenvalue weighted by molar-refractivity contribution is -0.384. The number of nitrogens with one attached hydrogen (secondary N) is 1. The Balaban J connectivity index is 1.85. The Hall–Kier alpha value is -2.70. The molecule has 1 aromatic rings. The topological polar surface area (TPSA) is 110 Å². The number of carbonyl (C=O) groups is 2. The lowest BCUT2D eigenvalue weighted by Gasteiger charge is -2.24. The number of non-ortho nitro benzene ring substituents is 1. The predicted molar refractivity (Wildman–Crippen MR) is 81.8 cm³/mol. The van der Waals surface area contributed by atoms with Crippen LogP contribution in [-0.4, -0.2) is 21.9 Å². The third-order valence-corrected chi connectivity index (χ3v) is 4.74. The van der Waals surface area contributed by atoms with Gasteiger partial charge in [-0.05, 0) is 30.7 Å². The molecule has 0 spiro atoms. The van der Waals surface area contributed by atoms with Crippen LogP contribution >= 0.6 is 0 Å². The van der Waals surface area contributed by atoms with E-state index in [0.29, 0.717) is 17.7 Å². The number of aliphatic carboxylic acids is 1. The molecule has 2 bridgehead atoms. The van der Waals surface area contributed by atoms with Crippen LogP contribution in [-0.2, 0) is 9.59 Å². The Morgan fingerprint density at radius 1 is 1.26 bits per heavy atom. The Morgan fingerprint density at radius 2 is 1.91 bits per heavy atom. The molecule has 2 aliphatic rings. The maximum Gasteiger partial charge on any atom is 0.307 e. The van der Waals surface area contributed by atoms with E-state index in [1.165, 1.54) is 12.1 Å². The summed E-state index contributed by atoms with van der Waals surface area (Å²) in [5.41, 5.74) is 0.920. The number of carbonyl (C=O) groups excluding carboxylic acids is 1. The Kier molecular flexibility index (Phi) is 3.63. The maximum atomic E-state index is 12.6. The standard InChI is InChI=1S/C16H16N2O5/c1-8-2-5-11(18(22)23)7-12(8)17-15(19)13-9-3-4-10(6-9)14(13)16(20)21/h2-5,7,9-10,13-14H,6H2,1H3,(H,17,19)(H,20,21). The van der Waals surface area contributed by atoms with E-state index in [4.69, 9.17) is 0 Å². The number of amides is 1. The molecule has 0 aromatic heterocycles. The van der Waals surface area contributed by atoms with Crippen molar-refractivity contribution in [1.29, 1.82) is 0 Å². The molecule has 1 fully saturated rings. The van der Waals surface area contributed by atoms with Crippen LogP contribution in [0.3, 0.4) is 0 Å². The highest BCUT2D eigenvalue weighted by atomic mass is 16.6. The van der Waals surface area contributed by atoms with E-state index in [1.54, 1.807) is 13.0 Å². The predicted octanol–water partition coefficient (Wildman–Crippen LogP) is 2.36. The fourth-order valence-electron chi connectivity index (χ4n) is 3.59. The number of nitro groups is 1. The molecule has 2 N–H and O–H groups in total. The number of fused-ring (bicyclic) bond motifs is 2. The first kappa shape index (κ1) is 15.2. The van der Waals surface area contributed by atoms with Gasteiger partial charge in [0.1, 0.15) is 0 Å². The second-order valence-electron chi connectivity index (χ2n) is 6.08. The second-order valence-corrected chi connectivity index (χ2v) is 6.08. The first-order valence-electron chi connectivity index (χ1n) is 7.35. The summed E-state index contributed by atoms with van der Waals surface area (Å²) in [5, 5.41) is 22.9. The number of benzene rings is 1. The summed E-state index contributed by atoms with van der Waals surface area (Å²) in [6, 6.07) is 4.22. The molecule has 4 unspecified atom stereocenters. The van der Waals surface area contributed by atoms with Gasteiger partial charge in [0.15, 0.2) is 0 Å². The minimum atomic E-state index is -0.974. The molecular formula is C16H16N2O5. The molecule has 0 heterocycles. The van der Waals surface area contributed by atoms with E-state index in [0.717, 1.165) is 0 Å². The van der Waals surface area contributed by atoms with Gasteiger partial charge in [-0.15, -0.1) is 0 Å². The van der Waals surface area contributed by atoms with Crippen LogP contribution in [0.5, 0.6) is 0 Å². The van der Waals surface area contributed by atoms with E-state index in [-0.39, 0.29) is 17.5 Å². The lowest BCUT2D eigenvalue weighted by atomic mass is 9.82. The zero-order valence-electron chi connectivity index (χ0n) is 12.4. The molecule has 0 saturated heterocycles. The van der Waals surface area contributed by atoms with Crippen LogP contribution in [0, 0.1) is 40.7 Å². The maximum absolute atomic E-state index is 12.6. The molecule has 7 heteroatoms. The van der Waals surface area contributed by atoms with E-state index >= 15 is 0 Å². The van der Waals surface area contributed by atoms with Gasteiger partial charge in [0.25, 0.3) is 5.69 Å². The van der Waals surface area contributed by atoms with E-state index in [2.05, 4.69) is 5.32 Å². The lowest BCUT2D eigenvalue weighted by Crippen LogP contribution is -2.36. The van der Waals surface area contributed by atoms with E-state index in [1.807, 2.05) is 12.2 Å². The van der Waals surface area contributed by atoms with Crippen molar-refractivity contribution in [3.63, 3.8) is 0 Å². The Bertz CT molecular complexity index is 727. The molecule has 1 saturated carbocycles. The largest absolute Gasteiger partial charge is 0.481 e. The summed E-state index contributed by atoms with van der Waals surface area (Å²) in [4.78, 5) is 34.4. The van der Waals surface area contributed by atoms with Crippen LogP contribution in [0.2, 0.25) is 0 Å². The third kappa shape index (κ3) is 2.58. The van der Waals surface area contributed by atoms with Crippen molar-refractivity contribution in [1.82, 2.24) is 0 Å². The first-order chi connectivity index (χ1) is 10.9. The Morgan fingerprint density at radius 3 is 2.52 bits per heavy atom. The molecule has 0 radical (unpaired) electrons. The number of carboxylic acids is 1. The normalized spacial score (nSPS) is 27.9. The minimum absolute atomic E-state index is 0.0832. The summed E-state index contributed by atoms with van der Waals surface area (Å²) in [6.45, 7) is 1.73. The number of hydrogen-bond donors (Lipinski definition) is 2. The summed E-state index contributed by atoms with van der Waals surface area (Å²) in [6.07, 6.45) is 4.43. The van der Waals surface area contributed by atoms with Crippen molar-refractivity contribution in [2.75, 3.05) is 5.32 Å². The summed E-state index contributed by atoms with van der Waals surface area (Å²) < 4.78 is 0. The molecule has 1 amide bonds. The number of aryl methyl sites for hydroxylation is 1. The minimum Gasteiger partial charge on any atom is -0.481 e. The van der Waals surface area contributed by atoms with Crippen molar-refractivity contribution >= 4 is 23.3 Å². The van der Waals surface area contributed by atoms with Crippen molar-refractivity contribution in [3.8, 4) is 0 Å². The fourth-order valence-corrected chi connectivity index (χ4v) is 3.59. The number of rotatable bonds is 4. The summed E-state index contributed by atoms with van der Waals surface area (Å²) >= 11 is 0. The number of allylic oxidation sites excluding steroid dienone is 2. The van der Waals surface area contributed by atoms with Gasteiger partial charge >= 0.3 is 5.97 Å². The van der Waals surface area contributed by atoms with Gasteiger partial charge in [0.05, 0.1) is 22.4 Å².